The van der Waals surface area contributed by atoms with Crippen molar-refractivity contribution < 1.29 is 8.42 Å². The van der Waals surface area contributed by atoms with Gasteiger partial charge in [-0.3, -0.25) is 0 Å². The van der Waals surface area contributed by atoms with E-state index in [-0.39, 0.29) is 0 Å². The van der Waals surface area contributed by atoms with Crippen LogP contribution in [0.25, 0.3) is 27.5 Å². The van der Waals surface area contributed by atoms with Gasteiger partial charge in [0.2, 0.25) is 4.96 Å². The molecule has 0 radical (unpaired) electrons. The van der Waals surface area contributed by atoms with Gasteiger partial charge in [0.15, 0.2) is 9.84 Å². The molecule has 7 heteroatoms. The van der Waals surface area contributed by atoms with E-state index in [1.807, 2.05) is 41.8 Å². The minimum atomic E-state index is -3.22. The topological polar surface area (TPSA) is 64.3 Å². The van der Waals surface area contributed by atoms with Gasteiger partial charge in [-0.2, -0.15) is 5.10 Å². The maximum atomic E-state index is 11.7. The summed E-state index contributed by atoms with van der Waals surface area (Å²) in [4.78, 5) is 5.86. The summed E-state index contributed by atoms with van der Waals surface area (Å²) in [5.41, 5.74) is 3.58. The second kappa shape index (κ2) is 5.79. The van der Waals surface area contributed by atoms with Crippen LogP contribution in [0.4, 0.5) is 0 Å². The molecule has 2 heterocycles. The number of aryl methyl sites for hydroxylation is 1. The lowest BCUT2D eigenvalue weighted by Crippen LogP contribution is -1.96. The van der Waals surface area contributed by atoms with Gasteiger partial charge in [0.1, 0.15) is 16.4 Å². The molecule has 0 aliphatic rings. The van der Waals surface area contributed by atoms with Crippen LogP contribution in [0, 0.1) is 6.92 Å². The van der Waals surface area contributed by atoms with E-state index >= 15 is 0 Å². The molecule has 2 aromatic carbocycles. The van der Waals surface area contributed by atoms with Crippen molar-refractivity contribution in [3.8, 4) is 22.5 Å². The van der Waals surface area contributed by atoms with Crippen LogP contribution in [0.1, 0.15) is 5.01 Å². The number of aromatic nitrogens is 3. The van der Waals surface area contributed by atoms with Crippen LogP contribution in [0.5, 0.6) is 0 Å². The smallest absolute Gasteiger partial charge is 0.213 e. The lowest BCUT2D eigenvalue weighted by Gasteiger charge is -2.05. The van der Waals surface area contributed by atoms with E-state index in [2.05, 4.69) is 5.10 Å². The Hall–Kier alpha value is -2.51. The summed E-state index contributed by atoms with van der Waals surface area (Å²) in [7, 11) is -3.22. The SMILES string of the molecule is Cc1nn2c(-c3ccccc3)c(-c3ccc(S(C)(=O)=O)cc3)nc2s1. The number of imidazole rings is 1. The largest absolute Gasteiger partial charge is 0.224 e. The van der Waals surface area contributed by atoms with Crippen LogP contribution in [0.3, 0.4) is 0 Å². The molecule has 0 unspecified atom stereocenters. The molecule has 0 amide bonds. The highest BCUT2D eigenvalue weighted by Crippen LogP contribution is 2.34. The third kappa shape index (κ3) is 2.85. The summed E-state index contributed by atoms with van der Waals surface area (Å²) in [5.74, 6) is 0. The molecule has 0 bridgehead atoms. The third-order valence-electron chi connectivity index (χ3n) is 3.91. The number of sulfone groups is 1. The fourth-order valence-corrected chi connectivity index (χ4v) is 4.13. The number of rotatable bonds is 3. The Morgan fingerprint density at radius 3 is 2.28 bits per heavy atom. The van der Waals surface area contributed by atoms with Crippen molar-refractivity contribution in [3.63, 3.8) is 0 Å². The van der Waals surface area contributed by atoms with Gasteiger partial charge >= 0.3 is 0 Å². The van der Waals surface area contributed by atoms with E-state index in [1.165, 1.54) is 17.6 Å². The van der Waals surface area contributed by atoms with Crippen molar-refractivity contribution in [1.82, 2.24) is 14.6 Å². The molecule has 2 aromatic heterocycles. The van der Waals surface area contributed by atoms with Gasteiger partial charge in [-0.25, -0.2) is 17.9 Å². The van der Waals surface area contributed by atoms with Crippen LogP contribution in [-0.2, 0) is 9.84 Å². The lowest BCUT2D eigenvalue weighted by molar-refractivity contribution is 0.602. The fourth-order valence-electron chi connectivity index (χ4n) is 2.76. The Morgan fingerprint density at radius 1 is 0.960 bits per heavy atom. The van der Waals surface area contributed by atoms with Gasteiger partial charge in [-0.05, 0) is 19.1 Å². The zero-order valence-electron chi connectivity index (χ0n) is 13.7. The van der Waals surface area contributed by atoms with E-state index in [0.717, 1.165) is 32.5 Å². The molecule has 0 aliphatic carbocycles. The quantitative estimate of drug-likeness (QED) is 0.550. The summed E-state index contributed by atoms with van der Waals surface area (Å²) < 4.78 is 25.2. The van der Waals surface area contributed by atoms with Gasteiger partial charge in [-0.15, -0.1) is 0 Å². The molecule has 0 atom stereocenters. The Kier molecular flexibility index (Phi) is 3.70. The van der Waals surface area contributed by atoms with E-state index < -0.39 is 9.84 Å². The molecule has 25 heavy (non-hydrogen) atoms. The third-order valence-corrected chi connectivity index (χ3v) is 5.86. The average Bonchev–Trinajstić information content (AvgIpc) is 3.10. The number of hydrogen-bond donors (Lipinski definition) is 0. The molecule has 5 nitrogen and oxygen atoms in total. The molecule has 126 valence electrons. The highest BCUT2D eigenvalue weighted by atomic mass is 32.2. The van der Waals surface area contributed by atoms with Crippen molar-refractivity contribution in [1.29, 1.82) is 0 Å². The Bertz CT molecular complexity index is 1160. The Morgan fingerprint density at radius 2 is 1.64 bits per heavy atom. The maximum Gasteiger partial charge on any atom is 0.213 e. The van der Waals surface area contributed by atoms with Crippen molar-refractivity contribution in [3.05, 3.63) is 59.6 Å². The number of nitrogens with zero attached hydrogens (tertiary/aromatic N) is 3. The summed E-state index contributed by atoms with van der Waals surface area (Å²) >= 11 is 1.53. The van der Waals surface area contributed by atoms with Gasteiger partial charge < -0.3 is 0 Å². The minimum absolute atomic E-state index is 0.299. The van der Waals surface area contributed by atoms with Crippen molar-refractivity contribution in [2.45, 2.75) is 11.8 Å². The zero-order valence-corrected chi connectivity index (χ0v) is 15.3. The van der Waals surface area contributed by atoms with E-state index in [9.17, 15) is 8.42 Å². The number of hydrogen-bond acceptors (Lipinski definition) is 5. The molecule has 0 N–H and O–H groups in total. The standard InChI is InChI=1S/C18H15N3O2S2/c1-12-20-21-17(14-6-4-3-5-7-14)16(19-18(21)24-12)13-8-10-15(11-9-13)25(2,22)23/h3-11H,1-2H3. The molecule has 0 saturated heterocycles. The monoisotopic (exact) mass is 369 g/mol. The molecule has 4 rings (SSSR count). The Balaban J connectivity index is 1.94. The van der Waals surface area contributed by atoms with Crippen molar-refractivity contribution in [2.24, 2.45) is 0 Å². The molecule has 0 fully saturated rings. The first-order valence-corrected chi connectivity index (χ1v) is 10.4. The van der Waals surface area contributed by atoms with E-state index in [4.69, 9.17) is 4.98 Å². The predicted molar refractivity (Wildman–Crippen MR) is 99.6 cm³/mol. The fraction of sp³-hybridized carbons (Fsp3) is 0.111. The van der Waals surface area contributed by atoms with Gasteiger partial charge in [0.25, 0.3) is 0 Å². The second-order valence-electron chi connectivity index (χ2n) is 5.79. The normalized spacial score (nSPS) is 11.9. The first kappa shape index (κ1) is 16.0. The van der Waals surface area contributed by atoms with Crippen LogP contribution >= 0.6 is 11.3 Å². The summed E-state index contributed by atoms with van der Waals surface area (Å²) in [6, 6.07) is 16.8. The van der Waals surface area contributed by atoms with Crippen molar-refractivity contribution >= 4 is 26.1 Å². The Labute approximate surface area is 149 Å². The molecular formula is C18H15N3O2S2. The van der Waals surface area contributed by atoms with Gasteiger partial charge in [0, 0.05) is 17.4 Å². The van der Waals surface area contributed by atoms with E-state index in [1.54, 1.807) is 24.3 Å². The van der Waals surface area contributed by atoms with Crippen molar-refractivity contribution in [2.75, 3.05) is 6.26 Å². The van der Waals surface area contributed by atoms with Crippen LogP contribution in [0.15, 0.2) is 59.5 Å². The lowest BCUT2D eigenvalue weighted by atomic mass is 10.1. The minimum Gasteiger partial charge on any atom is -0.224 e. The molecule has 0 saturated carbocycles. The first-order chi connectivity index (χ1) is 11.9. The van der Waals surface area contributed by atoms with Gasteiger partial charge in [-0.1, -0.05) is 53.8 Å². The summed E-state index contributed by atoms with van der Waals surface area (Å²) in [6.07, 6.45) is 1.21. The average molecular weight is 369 g/mol. The van der Waals surface area contributed by atoms with Crippen LogP contribution in [0.2, 0.25) is 0 Å². The zero-order chi connectivity index (χ0) is 17.6. The first-order valence-electron chi connectivity index (χ1n) is 7.65. The summed E-state index contributed by atoms with van der Waals surface area (Å²) in [5, 5.41) is 5.51. The summed E-state index contributed by atoms with van der Waals surface area (Å²) in [6.45, 7) is 1.95. The van der Waals surface area contributed by atoms with Crippen LogP contribution < -0.4 is 0 Å². The van der Waals surface area contributed by atoms with E-state index in [0.29, 0.717) is 4.90 Å². The molecular weight excluding hydrogens is 354 g/mol. The highest BCUT2D eigenvalue weighted by molar-refractivity contribution is 7.90. The van der Waals surface area contributed by atoms with Gasteiger partial charge in [0.05, 0.1) is 4.90 Å². The number of benzene rings is 2. The molecule has 0 aliphatic heterocycles. The molecule has 0 spiro atoms. The second-order valence-corrected chi connectivity index (χ2v) is 8.96. The predicted octanol–water partition coefficient (Wildman–Crippen LogP) is 3.84. The molecule has 4 aromatic rings. The van der Waals surface area contributed by atoms with Crippen LogP contribution in [-0.4, -0.2) is 29.3 Å². The maximum absolute atomic E-state index is 11.7. The number of fused-ring (bicyclic) bond motifs is 1. The highest BCUT2D eigenvalue weighted by Gasteiger charge is 2.19.